The minimum atomic E-state index is -1.26. The highest BCUT2D eigenvalue weighted by atomic mass is 16.4. The van der Waals surface area contributed by atoms with Crippen molar-refractivity contribution in [3.63, 3.8) is 0 Å². The van der Waals surface area contributed by atoms with Gasteiger partial charge in [0.1, 0.15) is 6.04 Å². The molecule has 0 spiro atoms. The number of imide groups is 1. The molecule has 2 N–H and O–H groups in total. The molecule has 6 heteroatoms. The number of aromatic amines is 1. The predicted molar refractivity (Wildman–Crippen MR) is 95.1 cm³/mol. The van der Waals surface area contributed by atoms with Gasteiger partial charge in [0.15, 0.2) is 0 Å². The van der Waals surface area contributed by atoms with E-state index in [1.807, 2.05) is 25.1 Å². The van der Waals surface area contributed by atoms with Gasteiger partial charge in [-0.2, -0.15) is 0 Å². The zero-order valence-corrected chi connectivity index (χ0v) is 14.0. The Morgan fingerprint density at radius 2 is 1.77 bits per heavy atom. The fraction of sp³-hybridized carbons (Fsp3) is 0.150. The van der Waals surface area contributed by atoms with Gasteiger partial charge in [-0.3, -0.25) is 14.5 Å². The van der Waals surface area contributed by atoms with Crippen molar-refractivity contribution in [2.24, 2.45) is 0 Å². The van der Waals surface area contributed by atoms with Gasteiger partial charge in [-0.1, -0.05) is 23.8 Å². The van der Waals surface area contributed by atoms with Gasteiger partial charge in [0.25, 0.3) is 11.8 Å². The number of aromatic nitrogens is 1. The van der Waals surface area contributed by atoms with Crippen LogP contribution >= 0.6 is 0 Å². The van der Waals surface area contributed by atoms with Gasteiger partial charge in [0.05, 0.1) is 11.1 Å². The number of aliphatic carboxylic acids is 1. The molecule has 0 aliphatic carbocycles. The Labute approximate surface area is 149 Å². The number of nitrogens with one attached hydrogen (secondary N) is 1. The van der Waals surface area contributed by atoms with Crippen LogP contribution < -0.4 is 0 Å². The van der Waals surface area contributed by atoms with Gasteiger partial charge in [0, 0.05) is 23.5 Å². The van der Waals surface area contributed by atoms with Crippen molar-refractivity contribution in [1.82, 2.24) is 9.88 Å². The third-order valence-electron chi connectivity index (χ3n) is 4.76. The fourth-order valence-electron chi connectivity index (χ4n) is 3.45. The molecule has 0 saturated carbocycles. The highest BCUT2D eigenvalue weighted by molar-refractivity contribution is 6.22. The molecule has 4 rings (SSSR count). The highest BCUT2D eigenvalue weighted by Crippen LogP contribution is 2.28. The summed E-state index contributed by atoms with van der Waals surface area (Å²) >= 11 is 0. The van der Waals surface area contributed by atoms with Crippen LogP contribution in [0.3, 0.4) is 0 Å². The summed E-state index contributed by atoms with van der Waals surface area (Å²) in [5.74, 6) is -2.33. The first-order valence-corrected chi connectivity index (χ1v) is 8.23. The van der Waals surface area contributed by atoms with E-state index >= 15 is 0 Å². The van der Waals surface area contributed by atoms with Crippen LogP contribution in [0.25, 0.3) is 10.9 Å². The van der Waals surface area contributed by atoms with E-state index in [0.29, 0.717) is 0 Å². The van der Waals surface area contributed by atoms with Gasteiger partial charge in [-0.15, -0.1) is 0 Å². The van der Waals surface area contributed by atoms with Crippen molar-refractivity contribution in [2.45, 2.75) is 19.4 Å². The van der Waals surface area contributed by atoms with Crippen LogP contribution in [-0.2, 0) is 11.2 Å². The van der Waals surface area contributed by atoms with Crippen molar-refractivity contribution >= 4 is 28.7 Å². The zero-order valence-electron chi connectivity index (χ0n) is 14.0. The number of rotatable bonds is 4. The van der Waals surface area contributed by atoms with Crippen molar-refractivity contribution in [1.29, 1.82) is 0 Å². The number of amides is 2. The molecule has 0 bridgehead atoms. The number of carboxylic acid groups (broad SMARTS) is 1. The minimum Gasteiger partial charge on any atom is -0.480 e. The third kappa shape index (κ3) is 2.38. The van der Waals surface area contributed by atoms with E-state index in [1.165, 1.54) is 0 Å². The first-order chi connectivity index (χ1) is 12.5. The third-order valence-corrected chi connectivity index (χ3v) is 4.76. The number of hydrogen-bond acceptors (Lipinski definition) is 3. The molecule has 0 fully saturated rings. The van der Waals surface area contributed by atoms with E-state index in [0.717, 1.165) is 26.9 Å². The molecule has 3 aromatic rings. The van der Waals surface area contributed by atoms with Gasteiger partial charge in [0.2, 0.25) is 0 Å². The van der Waals surface area contributed by atoms with Crippen molar-refractivity contribution in [2.75, 3.05) is 0 Å². The van der Waals surface area contributed by atoms with Crippen LogP contribution in [0.4, 0.5) is 0 Å². The summed E-state index contributed by atoms with van der Waals surface area (Å²) in [5, 5.41) is 10.6. The van der Waals surface area contributed by atoms with Crippen molar-refractivity contribution < 1.29 is 19.5 Å². The number of fused-ring (bicyclic) bond motifs is 2. The molecule has 1 unspecified atom stereocenters. The molecule has 1 aliphatic heterocycles. The first-order valence-electron chi connectivity index (χ1n) is 8.23. The monoisotopic (exact) mass is 348 g/mol. The molecule has 0 saturated heterocycles. The van der Waals surface area contributed by atoms with Crippen LogP contribution in [0.5, 0.6) is 0 Å². The summed E-state index contributed by atoms with van der Waals surface area (Å²) in [4.78, 5) is 41.1. The molecule has 6 nitrogen and oxygen atoms in total. The minimum absolute atomic E-state index is 0.0459. The summed E-state index contributed by atoms with van der Waals surface area (Å²) in [6.45, 7) is 1.95. The van der Waals surface area contributed by atoms with Crippen LogP contribution in [0, 0.1) is 6.92 Å². The lowest BCUT2D eigenvalue weighted by Crippen LogP contribution is -2.46. The number of benzene rings is 2. The molecule has 1 atom stereocenters. The van der Waals surface area contributed by atoms with Crippen LogP contribution in [0.1, 0.15) is 31.8 Å². The summed E-state index contributed by atoms with van der Waals surface area (Å²) in [5.41, 5.74) is 3.19. The predicted octanol–water partition coefficient (Wildman–Crippen LogP) is 2.77. The maximum Gasteiger partial charge on any atom is 0.327 e. The maximum absolute atomic E-state index is 12.6. The topological polar surface area (TPSA) is 90.5 Å². The van der Waals surface area contributed by atoms with Gasteiger partial charge >= 0.3 is 5.97 Å². The molecule has 26 heavy (non-hydrogen) atoms. The normalized spacial score (nSPS) is 14.7. The van der Waals surface area contributed by atoms with Gasteiger partial charge in [-0.25, -0.2) is 4.79 Å². The van der Waals surface area contributed by atoms with E-state index in [-0.39, 0.29) is 17.5 Å². The fourth-order valence-corrected chi connectivity index (χ4v) is 3.45. The quantitative estimate of drug-likeness (QED) is 0.709. The van der Waals surface area contributed by atoms with Crippen molar-refractivity contribution in [3.8, 4) is 0 Å². The van der Waals surface area contributed by atoms with Gasteiger partial charge in [-0.05, 0) is 36.8 Å². The highest BCUT2D eigenvalue weighted by Gasteiger charge is 2.42. The second-order valence-corrected chi connectivity index (χ2v) is 6.45. The summed E-state index contributed by atoms with van der Waals surface area (Å²) in [6.07, 6.45) is 1.78. The Morgan fingerprint density at radius 1 is 1.12 bits per heavy atom. The van der Waals surface area contributed by atoms with E-state index in [9.17, 15) is 19.5 Å². The molecular weight excluding hydrogens is 332 g/mol. The second-order valence-electron chi connectivity index (χ2n) is 6.45. The Morgan fingerprint density at radius 3 is 2.38 bits per heavy atom. The molecule has 130 valence electrons. The van der Waals surface area contributed by atoms with Crippen LogP contribution in [-0.4, -0.2) is 38.8 Å². The number of carbonyl (C=O) groups excluding carboxylic acids is 2. The van der Waals surface area contributed by atoms with E-state index in [2.05, 4.69) is 4.98 Å². The number of nitrogens with zero attached hydrogens (tertiary/aromatic N) is 1. The largest absolute Gasteiger partial charge is 0.480 e. The molecule has 0 radical (unpaired) electrons. The lowest BCUT2D eigenvalue weighted by Gasteiger charge is -2.22. The first kappa shape index (κ1) is 16.1. The number of carboxylic acids is 1. The molecular formula is C20H16N2O4. The van der Waals surface area contributed by atoms with E-state index < -0.39 is 23.8 Å². The molecule has 2 heterocycles. The standard InChI is InChI=1S/C20H16N2O4/c1-11-6-7-16-15(8-11)12(10-21-16)9-17(20(25)26)22-18(23)13-4-2-3-5-14(13)19(22)24/h2-8,10,17,21H,9H2,1H3,(H,25,26). The number of aryl methyl sites for hydroxylation is 1. The summed E-state index contributed by atoms with van der Waals surface area (Å²) in [7, 11) is 0. The van der Waals surface area contributed by atoms with E-state index in [1.54, 1.807) is 30.5 Å². The molecule has 2 aromatic carbocycles. The summed E-state index contributed by atoms with van der Waals surface area (Å²) < 4.78 is 0. The zero-order chi connectivity index (χ0) is 18.4. The van der Waals surface area contributed by atoms with Crippen LogP contribution in [0.2, 0.25) is 0 Å². The van der Waals surface area contributed by atoms with Crippen molar-refractivity contribution in [3.05, 3.63) is 70.9 Å². The lowest BCUT2D eigenvalue weighted by molar-refractivity contribution is -0.141. The van der Waals surface area contributed by atoms with E-state index in [4.69, 9.17) is 0 Å². The van der Waals surface area contributed by atoms with Crippen LogP contribution in [0.15, 0.2) is 48.7 Å². The number of hydrogen-bond donors (Lipinski definition) is 2. The molecule has 1 aromatic heterocycles. The Bertz CT molecular complexity index is 1030. The Hall–Kier alpha value is -3.41. The number of carbonyl (C=O) groups is 3. The summed E-state index contributed by atoms with van der Waals surface area (Å²) in [6, 6.07) is 11.0. The Balaban J connectivity index is 1.73. The SMILES string of the molecule is Cc1ccc2[nH]cc(CC(C(=O)O)N3C(=O)c4ccccc4C3=O)c2c1. The maximum atomic E-state index is 12.6. The van der Waals surface area contributed by atoms with Gasteiger partial charge < -0.3 is 10.1 Å². The molecule has 2 amide bonds. The average molecular weight is 348 g/mol. The molecule has 1 aliphatic rings. The second kappa shape index (κ2) is 5.84. The Kier molecular flexibility index (Phi) is 3.61. The average Bonchev–Trinajstić information content (AvgIpc) is 3.12. The number of H-pyrrole nitrogens is 1. The smallest absolute Gasteiger partial charge is 0.327 e. The lowest BCUT2D eigenvalue weighted by atomic mass is 10.0.